The minimum Gasteiger partial charge on any atom is -0.432 e. The Morgan fingerprint density at radius 2 is 1.37 bits per heavy atom. The van der Waals surface area contributed by atoms with Crippen LogP contribution in [-0.4, -0.2) is 5.97 Å². The number of hydrogen-bond donors (Lipinski definition) is 0. The van der Waals surface area contributed by atoms with E-state index in [-0.39, 0.29) is 0 Å². The number of benzene rings is 2. The fraction of sp³-hybridized carbons (Fsp3) is 0. The molecular weight excluding hydrogens is 236 g/mol. The van der Waals surface area contributed by atoms with Crippen molar-refractivity contribution in [1.29, 1.82) is 0 Å². The summed E-state index contributed by atoms with van der Waals surface area (Å²) in [5, 5.41) is 0. The third-order valence-electron chi connectivity index (χ3n) is 2.63. The zero-order valence-electron chi connectivity index (χ0n) is 10.5. The molecule has 94 valence electrons. The SMILES string of the molecule is C=COC(=O)C=C(c1ccccc1)c1ccccc1. The highest BCUT2D eigenvalue weighted by Crippen LogP contribution is 2.23. The van der Waals surface area contributed by atoms with Crippen LogP contribution in [0.15, 0.2) is 79.6 Å². The lowest BCUT2D eigenvalue weighted by molar-refractivity contribution is -0.132. The van der Waals surface area contributed by atoms with Gasteiger partial charge in [0.1, 0.15) is 0 Å². The van der Waals surface area contributed by atoms with Gasteiger partial charge in [-0.1, -0.05) is 67.2 Å². The molecule has 0 heterocycles. The molecule has 0 aliphatic rings. The van der Waals surface area contributed by atoms with Gasteiger partial charge in [0.25, 0.3) is 0 Å². The average Bonchev–Trinajstić information content (AvgIpc) is 2.47. The molecule has 0 aromatic heterocycles. The summed E-state index contributed by atoms with van der Waals surface area (Å²) in [4.78, 5) is 11.6. The van der Waals surface area contributed by atoms with Crippen molar-refractivity contribution in [2.24, 2.45) is 0 Å². The third kappa shape index (κ3) is 3.42. The maximum atomic E-state index is 11.6. The molecule has 0 radical (unpaired) electrons. The molecule has 0 N–H and O–H groups in total. The van der Waals surface area contributed by atoms with E-state index in [1.807, 2.05) is 60.7 Å². The van der Waals surface area contributed by atoms with Crippen LogP contribution in [0.25, 0.3) is 5.57 Å². The predicted molar refractivity (Wildman–Crippen MR) is 76.3 cm³/mol. The fourth-order valence-corrected chi connectivity index (χ4v) is 1.80. The van der Waals surface area contributed by atoms with Gasteiger partial charge in [0.05, 0.1) is 6.26 Å². The van der Waals surface area contributed by atoms with Crippen LogP contribution in [0.2, 0.25) is 0 Å². The predicted octanol–water partition coefficient (Wildman–Crippen LogP) is 3.81. The quantitative estimate of drug-likeness (QED) is 0.468. The summed E-state index contributed by atoms with van der Waals surface area (Å²) in [5.41, 5.74) is 2.76. The molecule has 0 bridgehead atoms. The standard InChI is InChI=1S/C17H14O2/c1-2-19-17(18)13-16(14-9-5-3-6-10-14)15-11-7-4-8-12-15/h2-13H,1H2. The van der Waals surface area contributed by atoms with Gasteiger partial charge in [0.15, 0.2) is 0 Å². The average molecular weight is 250 g/mol. The molecule has 19 heavy (non-hydrogen) atoms. The van der Waals surface area contributed by atoms with Gasteiger partial charge in [0.2, 0.25) is 0 Å². The smallest absolute Gasteiger partial charge is 0.336 e. The Morgan fingerprint density at radius 3 is 1.79 bits per heavy atom. The van der Waals surface area contributed by atoms with Crippen molar-refractivity contribution >= 4 is 11.5 Å². The van der Waals surface area contributed by atoms with Crippen LogP contribution in [0, 0.1) is 0 Å². The molecule has 0 aliphatic heterocycles. The molecule has 0 unspecified atom stereocenters. The van der Waals surface area contributed by atoms with Crippen molar-refractivity contribution in [2.45, 2.75) is 0 Å². The lowest BCUT2D eigenvalue weighted by Gasteiger charge is -2.07. The minimum absolute atomic E-state index is 0.433. The van der Waals surface area contributed by atoms with Crippen LogP contribution in [-0.2, 0) is 9.53 Å². The molecule has 0 aliphatic carbocycles. The highest BCUT2D eigenvalue weighted by atomic mass is 16.5. The fourth-order valence-electron chi connectivity index (χ4n) is 1.80. The number of carbonyl (C=O) groups is 1. The maximum absolute atomic E-state index is 11.6. The van der Waals surface area contributed by atoms with Crippen LogP contribution < -0.4 is 0 Å². The second-order valence-electron chi connectivity index (χ2n) is 3.89. The van der Waals surface area contributed by atoms with E-state index in [4.69, 9.17) is 4.74 Å². The van der Waals surface area contributed by atoms with Gasteiger partial charge in [0, 0.05) is 6.08 Å². The molecule has 2 nitrogen and oxygen atoms in total. The summed E-state index contributed by atoms with van der Waals surface area (Å²) in [6.45, 7) is 3.38. The number of hydrogen-bond acceptors (Lipinski definition) is 2. The van der Waals surface area contributed by atoms with E-state index >= 15 is 0 Å². The van der Waals surface area contributed by atoms with Crippen LogP contribution in [0.1, 0.15) is 11.1 Å². The molecule has 2 aromatic rings. The lowest BCUT2D eigenvalue weighted by atomic mass is 9.98. The summed E-state index contributed by atoms with van der Waals surface area (Å²) in [6, 6.07) is 19.5. The molecular formula is C17H14O2. The number of esters is 1. The number of rotatable bonds is 4. The maximum Gasteiger partial charge on any atom is 0.336 e. The lowest BCUT2D eigenvalue weighted by Crippen LogP contribution is -1.97. The highest BCUT2D eigenvalue weighted by Gasteiger charge is 2.07. The van der Waals surface area contributed by atoms with Crippen LogP contribution in [0.3, 0.4) is 0 Å². The van der Waals surface area contributed by atoms with Crippen molar-refractivity contribution < 1.29 is 9.53 Å². The Labute approximate surface area is 112 Å². The van der Waals surface area contributed by atoms with Crippen LogP contribution in [0.4, 0.5) is 0 Å². The molecule has 2 rings (SSSR count). The Morgan fingerprint density at radius 1 is 0.895 bits per heavy atom. The molecule has 0 saturated carbocycles. The topological polar surface area (TPSA) is 26.3 Å². The van der Waals surface area contributed by atoms with Gasteiger partial charge in [-0.25, -0.2) is 4.79 Å². The Hall–Kier alpha value is -2.61. The van der Waals surface area contributed by atoms with E-state index in [9.17, 15) is 4.79 Å². The summed E-state index contributed by atoms with van der Waals surface area (Å²) in [6.07, 6.45) is 2.61. The molecule has 2 aromatic carbocycles. The molecule has 0 fully saturated rings. The summed E-state index contributed by atoms with van der Waals surface area (Å²) < 4.78 is 4.76. The summed E-state index contributed by atoms with van der Waals surface area (Å²) in [7, 11) is 0. The van der Waals surface area contributed by atoms with Crippen molar-refractivity contribution in [3.05, 3.63) is 90.7 Å². The molecule has 0 amide bonds. The van der Waals surface area contributed by atoms with Gasteiger partial charge in [-0.2, -0.15) is 0 Å². The van der Waals surface area contributed by atoms with E-state index in [0.29, 0.717) is 0 Å². The van der Waals surface area contributed by atoms with Gasteiger partial charge >= 0.3 is 5.97 Å². The van der Waals surface area contributed by atoms with E-state index in [2.05, 4.69) is 6.58 Å². The Bertz CT molecular complexity index is 542. The normalized spacial score (nSPS) is 9.47. The monoisotopic (exact) mass is 250 g/mol. The minimum atomic E-state index is -0.433. The first-order valence-electron chi connectivity index (χ1n) is 5.95. The number of carbonyl (C=O) groups excluding carboxylic acids is 1. The second kappa shape index (κ2) is 6.36. The van der Waals surface area contributed by atoms with Gasteiger partial charge in [-0.3, -0.25) is 0 Å². The first-order chi connectivity index (χ1) is 9.31. The second-order valence-corrected chi connectivity index (χ2v) is 3.89. The van der Waals surface area contributed by atoms with E-state index < -0.39 is 5.97 Å². The largest absolute Gasteiger partial charge is 0.432 e. The molecule has 2 heteroatoms. The van der Waals surface area contributed by atoms with Crippen molar-refractivity contribution in [2.75, 3.05) is 0 Å². The van der Waals surface area contributed by atoms with E-state index in [1.54, 1.807) is 0 Å². The highest BCUT2D eigenvalue weighted by molar-refractivity contribution is 5.96. The van der Waals surface area contributed by atoms with E-state index in [0.717, 1.165) is 23.0 Å². The van der Waals surface area contributed by atoms with Crippen molar-refractivity contribution in [3.63, 3.8) is 0 Å². The first-order valence-corrected chi connectivity index (χ1v) is 5.95. The number of ether oxygens (including phenoxy) is 1. The third-order valence-corrected chi connectivity index (χ3v) is 2.63. The molecule has 0 spiro atoms. The van der Waals surface area contributed by atoms with Crippen LogP contribution in [0.5, 0.6) is 0 Å². The van der Waals surface area contributed by atoms with Gasteiger partial charge < -0.3 is 4.74 Å². The van der Waals surface area contributed by atoms with Crippen LogP contribution >= 0.6 is 0 Å². The Balaban J connectivity index is 2.46. The van der Waals surface area contributed by atoms with E-state index in [1.165, 1.54) is 6.08 Å². The first kappa shape index (κ1) is 12.8. The molecule has 0 atom stereocenters. The zero-order chi connectivity index (χ0) is 13.5. The van der Waals surface area contributed by atoms with Gasteiger partial charge in [-0.05, 0) is 16.7 Å². The molecule has 0 saturated heterocycles. The summed E-state index contributed by atoms with van der Waals surface area (Å²) >= 11 is 0. The van der Waals surface area contributed by atoms with Crippen molar-refractivity contribution in [3.8, 4) is 0 Å². The van der Waals surface area contributed by atoms with Gasteiger partial charge in [-0.15, -0.1) is 0 Å². The van der Waals surface area contributed by atoms with Crippen molar-refractivity contribution in [1.82, 2.24) is 0 Å². The summed E-state index contributed by atoms with van der Waals surface area (Å²) in [5.74, 6) is -0.433. The Kier molecular flexibility index (Phi) is 4.29. The zero-order valence-corrected chi connectivity index (χ0v) is 10.5.